The maximum atomic E-state index is 13.1. The van der Waals surface area contributed by atoms with Crippen molar-refractivity contribution in [3.05, 3.63) is 35.4 Å². The highest BCUT2D eigenvalue weighted by Gasteiger charge is 2.46. The minimum Gasteiger partial charge on any atom is -0.381 e. The Kier molecular flexibility index (Phi) is 8.56. The molecule has 1 aromatic carbocycles. The van der Waals surface area contributed by atoms with E-state index in [0.717, 1.165) is 11.9 Å². The van der Waals surface area contributed by atoms with E-state index in [1.807, 2.05) is 5.32 Å². The Morgan fingerprint density at radius 1 is 1.24 bits per heavy atom. The van der Waals surface area contributed by atoms with Crippen LogP contribution in [0.4, 0.5) is 8.78 Å². The summed E-state index contributed by atoms with van der Waals surface area (Å²) in [5, 5.41) is 20.6. The molecule has 4 N–H and O–H groups in total. The van der Waals surface area contributed by atoms with Gasteiger partial charge in [-0.15, -0.1) is 0 Å². The van der Waals surface area contributed by atoms with Crippen LogP contribution in [0.2, 0.25) is 0 Å². The summed E-state index contributed by atoms with van der Waals surface area (Å²) in [5.74, 6) is 9.40. The van der Waals surface area contributed by atoms with Crippen LogP contribution in [-0.4, -0.2) is 60.6 Å². The van der Waals surface area contributed by atoms with Crippen molar-refractivity contribution in [1.82, 2.24) is 10.8 Å². The summed E-state index contributed by atoms with van der Waals surface area (Å²) in [6.45, 7) is 0.660. The van der Waals surface area contributed by atoms with Crippen molar-refractivity contribution in [2.45, 2.75) is 37.8 Å². The van der Waals surface area contributed by atoms with E-state index in [0.29, 0.717) is 18.9 Å². The smallest absolute Gasteiger partial charge is 0.269 e. The van der Waals surface area contributed by atoms with Crippen molar-refractivity contribution in [3.8, 4) is 23.7 Å². The summed E-state index contributed by atoms with van der Waals surface area (Å²) < 4.78 is 48.5. The van der Waals surface area contributed by atoms with Gasteiger partial charge in [0.05, 0.1) is 5.75 Å². The molecule has 1 aliphatic carbocycles. The third kappa shape index (κ3) is 7.82. The van der Waals surface area contributed by atoms with Gasteiger partial charge < -0.3 is 10.4 Å². The number of halogens is 2. The minimum atomic E-state index is -3.37. The highest BCUT2D eigenvalue weighted by molar-refractivity contribution is 7.90. The van der Waals surface area contributed by atoms with Crippen LogP contribution in [-0.2, 0) is 14.6 Å². The molecular weight excluding hydrogens is 458 g/mol. The minimum absolute atomic E-state index is 0.0131. The van der Waals surface area contributed by atoms with Crippen LogP contribution in [0.25, 0.3) is 0 Å². The normalized spacial score (nSPS) is 19.7. The molecular formula is C22H24F2N2O6S. The lowest BCUT2D eigenvalue weighted by molar-refractivity contribution is -0.149. The lowest BCUT2D eigenvalue weighted by atomic mass is 9.95. The van der Waals surface area contributed by atoms with Crippen LogP contribution >= 0.6 is 0 Å². The molecule has 1 fully saturated rings. The fraction of sp³-hybridized carbons (Fsp3) is 0.455. The van der Waals surface area contributed by atoms with Crippen LogP contribution in [0.1, 0.15) is 35.7 Å². The van der Waals surface area contributed by atoms with E-state index in [1.54, 1.807) is 0 Å². The molecule has 1 saturated carbocycles. The summed E-state index contributed by atoms with van der Waals surface area (Å²) in [7, 11) is -2.98. The standard InChI is InChI=1S/C22H24F2N2O6S/c1-22(29,21(23)24)18(20(28)26-30)25-19(27)15-9-7-14(8-10-15)5-3-4-6-16-13-17(16)11-12-33(2,31)32/h7-10,16-18,21,29-30H,11-13H2,1-2H3,(H,25,27)(H,26,28)/t16?,17?,18-,22+/m1/s1. The second kappa shape index (κ2) is 10.8. The molecule has 33 heavy (non-hydrogen) atoms. The Hall–Kier alpha value is -2.99. The number of carbonyl (C=O) groups excluding carboxylic acids is 2. The van der Waals surface area contributed by atoms with E-state index in [-0.39, 0.29) is 23.2 Å². The van der Waals surface area contributed by atoms with E-state index in [1.165, 1.54) is 30.5 Å². The Morgan fingerprint density at radius 2 is 1.88 bits per heavy atom. The zero-order chi connectivity index (χ0) is 24.8. The second-order valence-corrected chi connectivity index (χ2v) is 10.3. The van der Waals surface area contributed by atoms with E-state index < -0.39 is 39.7 Å². The van der Waals surface area contributed by atoms with Crippen LogP contribution in [0.15, 0.2) is 24.3 Å². The Balaban J connectivity index is 1.97. The molecule has 0 radical (unpaired) electrons. The van der Waals surface area contributed by atoms with Crippen molar-refractivity contribution in [2.75, 3.05) is 12.0 Å². The number of hydroxylamine groups is 1. The molecule has 0 aromatic heterocycles. The number of hydrogen-bond acceptors (Lipinski definition) is 6. The largest absolute Gasteiger partial charge is 0.381 e. The summed E-state index contributed by atoms with van der Waals surface area (Å²) in [5.41, 5.74) is -1.24. The molecule has 0 saturated heterocycles. The molecule has 0 bridgehead atoms. The average Bonchev–Trinajstić information content (AvgIpc) is 3.51. The molecule has 4 atom stereocenters. The van der Waals surface area contributed by atoms with E-state index in [4.69, 9.17) is 5.21 Å². The van der Waals surface area contributed by atoms with Crippen LogP contribution in [0.3, 0.4) is 0 Å². The zero-order valence-electron chi connectivity index (χ0n) is 17.9. The third-order valence-corrected chi connectivity index (χ3v) is 6.11. The Labute approximate surface area is 190 Å². The predicted molar refractivity (Wildman–Crippen MR) is 115 cm³/mol. The van der Waals surface area contributed by atoms with Crippen molar-refractivity contribution in [1.29, 1.82) is 0 Å². The van der Waals surface area contributed by atoms with Crippen LogP contribution in [0, 0.1) is 35.5 Å². The number of aliphatic hydroxyl groups is 1. The van der Waals surface area contributed by atoms with Gasteiger partial charge in [0.1, 0.15) is 15.9 Å². The fourth-order valence-electron chi connectivity index (χ4n) is 2.93. The Morgan fingerprint density at radius 3 is 2.42 bits per heavy atom. The van der Waals surface area contributed by atoms with Gasteiger partial charge >= 0.3 is 0 Å². The van der Waals surface area contributed by atoms with E-state index >= 15 is 0 Å². The monoisotopic (exact) mass is 482 g/mol. The first-order valence-corrected chi connectivity index (χ1v) is 12.0. The van der Waals surface area contributed by atoms with Crippen molar-refractivity contribution >= 4 is 21.7 Å². The number of rotatable bonds is 8. The molecule has 0 aliphatic heterocycles. The Bertz CT molecular complexity index is 1110. The number of amides is 2. The molecule has 0 heterocycles. The number of alkyl halides is 2. The van der Waals surface area contributed by atoms with Gasteiger partial charge in [-0.05, 0) is 61.8 Å². The molecule has 2 unspecified atom stereocenters. The third-order valence-electron chi connectivity index (χ3n) is 5.13. The van der Waals surface area contributed by atoms with Crippen LogP contribution in [0.5, 0.6) is 0 Å². The highest BCUT2D eigenvalue weighted by atomic mass is 32.2. The first-order chi connectivity index (χ1) is 15.3. The maximum absolute atomic E-state index is 13.1. The molecule has 1 aliphatic rings. The molecule has 11 heteroatoms. The molecule has 8 nitrogen and oxygen atoms in total. The SMILES string of the molecule is C[C@@](O)(C(F)F)[C@H](NC(=O)c1ccc(C#CC#CC2CC2CCS(C)(=O)=O)cc1)C(=O)NO. The maximum Gasteiger partial charge on any atom is 0.269 e. The highest BCUT2D eigenvalue weighted by Crippen LogP contribution is 2.40. The quantitative estimate of drug-likeness (QED) is 0.245. The second-order valence-electron chi connectivity index (χ2n) is 8.03. The van der Waals surface area contributed by atoms with Gasteiger partial charge in [-0.3, -0.25) is 14.8 Å². The summed E-state index contributed by atoms with van der Waals surface area (Å²) >= 11 is 0. The number of benzene rings is 1. The molecule has 2 amide bonds. The topological polar surface area (TPSA) is 133 Å². The van der Waals surface area contributed by atoms with Gasteiger partial charge in [-0.2, -0.15) is 0 Å². The average molecular weight is 483 g/mol. The number of sulfone groups is 1. The van der Waals surface area contributed by atoms with Gasteiger partial charge in [0, 0.05) is 23.3 Å². The number of hydrogen-bond donors (Lipinski definition) is 4. The first-order valence-electron chi connectivity index (χ1n) is 9.89. The van der Waals surface area contributed by atoms with E-state index in [9.17, 15) is 31.9 Å². The predicted octanol–water partition coefficient (Wildman–Crippen LogP) is 0.732. The van der Waals surface area contributed by atoms with Gasteiger partial charge in [-0.1, -0.05) is 11.8 Å². The summed E-state index contributed by atoms with van der Waals surface area (Å²) in [4.78, 5) is 24.0. The van der Waals surface area contributed by atoms with Gasteiger partial charge in [0.2, 0.25) is 0 Å². The lowest BCUT2D eigenvalue weighted by Crippen LogP contribution is -2.61. The first kappa shape index (κ1) is 26.3. The fourth-order valence-corrected chi connectivity index (χ4v) is 3.66. The van der Waals surface area contributed by atoms with Gasteiger partial charge in [0.15, 0.2) is 5.60 Å². The molecule has 2 rings (SSSR count). The van der Waals surface area contributed by atoms with E-state index in [2.05, 4.69) is 23.7 Å². The number of nitrogens with one attached hydrogen (secondary N) is 2. The van der Waals surface area contributed by atoms with Crippen molar-refractivity contribution in [2.24, 2.45) is 11.8 Å². The van der Waals surface area contributed by atoms with Gasteiger partial charge in [0.25, 0.3) is 18.2 Å². The molecule has 0 spiro atoms. The molecule has 178 valence electrons. The summed E-state index contributed by atoms with van der Waals surface area (Å²) in [6, 6.07) is 3.57. The summed E-state index contributed by atoms with van der Waals surface area (Å²) in [6.07, 6.45) is -0.734. The lowest BCUT2D eigenvalue weighted by Gasteiger charge is -2.30. The van der Waals surface area contributed by atoms with Crippen LogP contribution < -0.4 is 10.8 Å². The number of carbonyl (C=O) groups is 2. The van der Waals surface area contributed by atoms with Crippen molar-refractivity contribution < 1.29 is 37.1 Å². The zero-order valence-corrected chi connectivity index (χ0v) is 18.7. The van der Waals surface area contributed by atoms with Crippen molar-refractivity contribution in [3.63, 3.8) is 0 Å². The molecule has 1 aromatic rings. The van der Waals surface area contributed by atoms with Gasteiger partial charge in [-0.25, -0.2) is 22.7 Å².